The van der Waals surface area contributed by atoms with E-state index in [1.807, 2.05) is 73.7 Å². The zero-order valence-electron chi connectivity index (χ0n) is 17.3. The Morgan fingerprint density at radius 3 is 2.58 bits per heavy atom. The second-order valence-electron chi connectivity index (χ2n) is 8.06. The number of hydrogen-bond donors (Lipinski definition) is 1. The third kappa shape index (κ3) is 3.85. The second-order valence-corrected chi connectivity index (χ2v) is 8.47. The molecule has 3 aromatic carbocycles. The number of hydrogen-bond acceptors (Lipinski definition) is 3. The van der Waals surface area contributed by atoms with Crippen LogP contribution in [0.25, 0.3) is 11.0 Å². The van der Waals surface area contributed by atoms with Crippen LogP contribution in [0.4, 0.5) is 0 Å². The van der Waals surface area contributed by atoms with Crippen LogP contribution < -0.4 is 15.3 Å². The first-order valence-electron chi connectivity index (χ1n) is 10.4. The Balaban J connectivity index is 1.52. The zero-order chi connectivity index (χ0) is 21.4. The lowest BCUT2D eigenvalue weighted by Gasteiger charge is -2.27. The summed E-state index contributed by atoms with van der Waals surface area (Å²) >= 11 is 6.35. The summed E-state index contributed by atoms with van der Waals surface area (Å²) in [5, 5.41) is 1.72. The van der Waals surface area contributed by atoms with Crippen molar-refractivity contribution in [1.29, 1.82) is 0 Å². The Kier molecular flexibility index (Phi) is 5.26. The maximum Gasteiger partial charge on any atom is 0.340 e. The maximum absolute atomic E-state index is 12.9. The lowest BCUT2D eigenvalue weighted by Crippen LogP contribution is -3.10. The van der Waals surface area contributed by atoms with Gasteiger partial charge in [0, 0.05) is 28.0 Å². The van der Waals surface area contributed by atoms with Crippen LogP contribution in [0.15, 0.2) is 75.9 Å². The van der Waals surface area contributed by atoms with Crippen molar-refractivity contribution in [3.63, 3.8) is 0 Å². The number of aryl methyl sites for hydroxylation is 1. The van der Waals surface area contributed by atoms with Gasteiger partial charge in [0.1, 0.15) is 18.8 Å². The Morgan fingerprint density at radius 1 is 1.00 bits per heavy atom. The van der Waals surface area contributed by atoms with Gasteiger partial charge in [-0.2, -0.15) is 0 Å². The summed E-state index contributed by atoms with van der Waals surface area (Å²) in [5.74, 6) is 0.786. The first-order valence-corrected chi connectivity index (χ1v) is 10.8. The summed E-state index contributed by atoms with van der Waals surface area (Å²) in [6.45, 7) is 3.99. The fourth-order valence-corrected chi connectivity index (χ4v) is 4.51. The average Bonchev–Trinajstić information content (AvgIpc) is 2.79. The summed E-state index contributed by atoms with van der Waals surface area (Å²) in [4.78, 5) is 14.1. The van der Waals surface area contributed by atoms with E-state index in [2.05, 4.69) is 0 Å². The Hall–Kier alpha value is -3.08. The highest BCUT2D eigenvalue weighted by molar-refractivity contribution is 6.31. The van der Waals surface area contributed by atoms with E-state index in [-0.39, 0.29) is 5.63 Å². The number of halogens is 1. The number of ether oxygens (including phenoxy) is 1. The molecule has 31 heavy (non-hydrogen) atoms. The smallest absolute Gasteiger partial charge is 0.340 e. The molecule has 1 aromatic heterocycles. The van der Waals surface area contributed by atoms with E-state index >= 15 is 0 Å². The van der Waals surface area contributed by atoms with Gasteiger partial charge in [-0.15, -0.1) is 0 Å². The van der Waals surface area contributed by atoms with E-state index in [1.54, 1.807) is 0 Å². The molecule has 5 heteroatoms. The standard InChI is InChI=1S/C26H22ClNO3/c1-17-20-11-12-24-22(15-28(16-30-24)14-19-9-5-6-10-23(19)27)25(20)31-26(29)21(17)13-18-7-3-2-4-8-18/h2-12H,13-16H2,1H3/p+1. The quantitative estimate of drug-likeness (QED) is 0.489. The monoisotopic (exact) mass is 432 g/mol. The third-order valence-electron chi connectivity index (χ3n) is 6.00. The summed E-state index contributed by atoms with van der Waals surface area (Å²) in [6, 6.07) is 21.8. The minimum absolute atomic E-state index is 0.277. The van der Waals surface area contributed by atoms with Gasteiger partial charge in [0.15, 0.2) is 5.58 Å². The molecule has 1 unspecified atom stereocenters. The lowest BCUT2D eigenvalue weighted by molar-refractivity contribution is -0.945. The van der Waals surface area contributed by atoms with Crippen LogP contribution in [0.1, 0.15) is 27.8 Å². The number of nitrogens with one attached hydrogen (secondary N) is 1. The molecular weight excluding hydrogens is 410 g/mol. The van der Waals surface area contributed by atoms with Crippen LogP contribution >= 0.6 is 11.6 Å². The highest BCUT2D eigenvalue weighted by atomic mass is 35.5. The van der Waals surface area contributed by atoms with Gasteiger partial charge in [-0.05, 0) is 36.2 Å². The van der Waals surface area contributed by atoms with Crippen molar-refractivity contribution in [3.05, 3.63) is 110 Å². The Bertz CT molecular complexity index is 1310. The molecule has 0 radical (unpaired) electrons. The predicted molar refractivity (Wildman–Crippen MR) is 122 cm³/mol. The molecule has 0 amide bonds. The van der Waals surface area contributed by atoms with Crippen molar-refractivity contribution in [1.82, 2.24) is 0 Å². The molecule has 0 aliphatic carbocycles. The molecule has 1 N–H and O–H groups in total. The van der Waals surface area contributed by atoms with Gasteiger partial charge in [-0.3, -0.25) is 4.90 Å². The fraction of sp³-hybridized carbons (Fsp3) is 0.192. The summed E-state index contributed by atoms with van der Waals surface area (Å²) in [7, 11) is 0. The molecule has 0 bridgehead atoms. The van der Waals surface area contributed by atoms with Crippen molar-refractivity contribution in [3.8, 4) is 5.75 Å². The molecule has 1 aliphatic rings. The van der Waals surface area contributed by atoms with Gasteiger partial charge in [-0.25, -0.2) is 4.79 Å². The normalized spacial score (nSPS) is 15.5. The van der Waals surface area contributed by atoms with Crippen LogP contribution in [-0.4, -0.2) is 6.73 Å². The van der Waals surface area contributed by atoms with Crippen LogP contribution in [0, 0.1) is 6.92 Å². The van der Waals surface area contributed by atoms with Crippen molar-refractivity contribution in [2.45, 2.75) is 26.4 Å². The minimum atomic E-state index is -0.277. The lowest BCUT2D eigenvalue weighted by atomic mass is 9.97. The van der Waals surface area contributed by atoms with Gasteiger partial charge >= 0.3 is 5.63 Å². The van der Waals surface area contributed by atoms with E-state index in [4.69, 9.17) is 20.8 Å². The maximum atomic E-state index is 12.9. The van der Waals surface area contributed by atoms with E-state index in [1.165, 1.54) is 4.90 Å². The Morgan fingerprint density at radius 2 is 1.77 bits per heavy atom. The first kappa shape index (κ1) is 19.9. The largest absolute Gasteiger partial charge is 0.445 e. The number of fused-ring (bicyclic) bond motifs is 3. The van der Waals surface area contributed by atoms with E-state index in [0.29, 0.717) is 30.8 Å². The SMILES string of the molecule is Cc1c(Cc2ccccc2)c(=O)oc2c3c(ccc12)OC[NH+](Cc1ccccc1Cl)C3. The molecule has 4 nitrogen and oxygen atoms in total. The van der Waals surface area contributed by atoms with Crippen molar-refractivity contribution < 1.29 is 14.1 Å². The fourth-order valence-electron chi connectivity index (χ4n) is 4.30. The molecule has 2 heterocycles. The zero-order valence-corrected chi connectivity index (χ0v) is 18.0. The highest BCUT2D eigenvalue weighted by Gasteiger charge is 2.26. The predicted octanol–water partition coefficient (Wildman–Crippen LogP) is 4.28. The minimum Gasteiger partial charge on any atom is -0.445 e. The van der Waals surface area contributed by atoms with Crippen LogP contribution in [0.5, 0.6) is 5.75 Å². The topological polar surface area (TPSA) is 43.9 Å². The van der Waals surface area contributed by atoms with Crippen LogP contribution in [-0.2, 0) is 19.5 Å². The van der Waals surface area contributed by atoms with Gasteiger partial charge in [0.25, 0.3) is 0 Å². The summed E-state index contributed by atoms with van der Waals surface area (Å²) in [5.41, 5.74) is 5.14. The van der Waals surface area contributed by atoms with Gasteiger partial charge in [-0.1, -0.05) is 60.1 Å². The second kappa shape index (κ2) is 8.22. The third-order valence-corrected chi connectivity index (χ3v) is 6.36. The first-order chi connectivity index (χ1) is 15.1. The molecule has 0 spiro atoms. The van der Waals surface area contributed by atoms with Gasteiger partial charge < -0.3 is 9.15 Å². The molecule has 0 saturated carbocycles. The average molecular weight is 433 g/mol. The summed E-state index contributed by atoms with van der Waals surface area (Å²) < 4.78 is 11.9. The molecule has 5 rings (SSSR count). The molecule has 1 atom stereocenters. The number of rotatable bonds is 4. The van der Waals surface area contributed by atoms with Crippen LogP contribution in [0.2, 0.25) is 5.02 Å². The molecule has 1 aliphatic heterocycles. The van der Waals surface area contributed by atoms with Crippen molar-refractivity contribution in [2.24, 2.45) is 0 Å². The van der Waals surface area contributed by atoms with E-state index in [0.717, 1.165) is 45.0 Å². The molecule has 156 valence electrons. The van der Waals surface area contributed by atoms with E-state index < -0.39 is 0 Å². The van der Waals surface area contributed by atoms with E-state index in [9.17, 15) is 4.79 Å². The van der Waals surface area contributed by atoms with Crippen LogP contribution in [0.3, 0.4) is 0 Å². The number of benzene rings is 3. The molecule has 0 saturated heterocycles. The molecular formula is C26H23ClNO3+. The summed E-state index contributed by atoms with van der Waals surface area (Å²) in [6.07, 6.45) is 0.558. The van der Waals surface area contributed by atoms with Gasteiger partial charge in [0.05, 0.1) is 5.56 Å². The van der Waals surface area contributed by atoms with Crippen molar-refractivity contribution in [2.75, 3.05) is 6.73 Å². The van der Waals surface area contributed by atoms with Crippen molar-refractivity contribution >= 4 is 22.6 Å². The Labute approximate surface area is 185 Å². The highest BCUT2D eigenvalue weighted by Crippen LogP contribution is 2.31. The number of quaternary nitrogens is 1. The molecule has 4 aromatic rings. The van der Waals surface area contributed by atoms with Gasteiger partial charge in [0.2, 0.25) is 6.73 Å². The molecule has 0 fully saturated rings.